The summed E-state index contributed by atoms with van der Waals surface area (Å²) >= 11 is 0. The van der Waals surface area contributed by atoms with Gasteiger partial charge < -0.3 is 14.8 Å². The molecule has 100 valence electrons. The molecule has 1 aromatic carbocycles. The monoisotopic (exact) mass is 260 g/mol. The van der Waals surface area contributed by atoms with Gasteiger partial charge in [-0.1, -0.05) is 0 Å². The quantitative estimate of drug-likeness (QED) is 0.900. The van der Waals surface area contributed by atoms with Crippen LogP contribution in [-0.4, -0.2) is 20.1 Å². The molecule has 0 saturated heterocycles. The number of fused-ring (bicyclic) bond motifs is 1. The summed E-state index contributed by atoms with van der Waals surface area (Å²) in [5.41, 5.74) is 1.77. The van der Waals surface area contributed by atoms with Gasteiger partial charge in [-0.3, -0.25) is 4.79 Å². The molecule has 1 aliphatic heterocycles. The van der Waals surface area contributed by atoms with Crippen molar-refractivity contribution in [3.8, 4) is 17.6 Å². The molecule has 0 fully saturated rings. The van der Waals surface area contributed by atoms with Crippen molar-refractivity contribution >= 4 is 11.6 Å². The average Bonchev–Trinajstić information content (AvgIpc) is 2.43. The first-order valence-corrected chi connectivity index (χ1v) is 6.12. The van der Waals surface area contributed by atoms with Crippen LogP contribution in [0.5, 0.6) is 11.5 Å². The van der Waals surface area contributed by atoms with Gasteiger partial charge in [-0.15, -0.1) is 0 Å². The molecule has 1 aliphatic rings. The molecule has 0 bridgehead atoms. The number of nitrogens with one attached hydrogen (secondary N) is 1. The van der Waals surface area contributed by atoms with Crippen molar-refractivity contribution in [2.75, 3.05) is 19.5 Å². The maximum Gasteiger partial charge on any atom is 0.227 e. The third kappa shape index (κ3) is 2.63. The largest absolute Gasteiger partial charge is 0.493 e. The van der Waals surface area contributed by atoms with Crippen molar-refractivity contribution in [1.82, 2.24) is 0 Å². The molecule has 19 heavy (non-hydrogen) atoms. The van der Waals surface area contributed by atoms with Gasteiger partial charge in [-0.05, 0) is 24.5 Å². The van der Waals surface area contributed by atoms with Gasteiger partial charge in [0.1, 0.15) is 0 Å². The number of amides is 1. The standard InChI is InChI=1S/C14H16N2O3/c1-18-12-7-10-6-9(4-3-5-15)14(17)16-11(10)8-13(12)19-2/h7-9H,3-4,6H2,1-2H3,(H,16,17). The highest BCUT2D eigenvalue weighted by Gasteiger charge is 2.27. The van der Waals surface area contributed by atoms with E-state index in [0.717, 1.165) is 11.3 Å². The lowest BCUT2D eigenvalue weighted by atomic mass is 9.89. The maximum atomic E-state index is 11.9. The van der Waals surface area contributed by atoms with E-state index in [-0.39, 0.29) is 11.8 Å². The average molecular weight is 260 g/mol. The molecule has 5 heteroatoms. The van der Waals surface area contributed by atoms with Crippen LogP contribution in [0.15, 0.2) is 12.1 Å². The van der Waals surface area contributed by atoms with Crippen LogP contribution in [0, 0.1) is 17.2 Å². The Morgan fingerprint density at radius 2 is 2.05 bits per heavy atom. The number of carbonyl (C=O) groups is 1. The summed E-state index contributed by atoms with van der Waals surface area (Å²) < 4.78 is 10.5. The third-order valence-corrected chi connectivity index (χ3v) is 3.31. The Morgan fingerprint density at radius 1 is 1.37 bits per heavy atom. The van der Waals surface area contributed by atoms with Gasteiger partial charge in [0.05, 0.1) is 20.3 Å². The minimum absolute atomic E-state index is 0.0324. The van der Waals surface area contributed by atoms with E-state index < -0.39 is 0 Å². The van der Waals surface area contributed by atoms with E-state index in [4.69, 9.17) is 14.7 Å². The molecular weight excluding hydrogens is 244 g/mol. The van der Waals surface area contributed by atoms with Gasteiger partial charge in [0.2, 0.25) is 5.91 Å². The number of ether oxygens (including phenoxy) is 2. The Balaban J connectivity index is 2.29. The molecule has 1 amide bonds. The lowest BCUT2D eigenvalue weighted by Gasteiger charge is -2.25. The molecule has 1 heterocycles. The van der Waals surface area contributed by atoms with Crippen molar-refractivity contribution in [3.63, 3.8) is 0 Å². The summed E-state index contributed by atoms with van der Waals surface area (Å²) in [6, 6.07) is 5.73. The first-order valence-electron chi connectivity index (χ1n) is 6.12. The Labute approximate surface area is 112 Å². The second-order valence-corrected chi connectivity index (χ2v) is 4.45. The number of hydrogen-bond acceptors (Lipinski definition) is 4. The highest BCUT2D eigenvalue weighted by molar-refractivity contribution is 5.96. The van der Waals surface area contributed by atoms with Crippen LogP contribution in [0.1, 0.15) is 18.4 Å². The number of hydrogen-bond donors (Lipinski definition) is 1. The third-order valence-electron chi connectivity index (χ3n) is 3.31. The number of anilines is 1. The van der Waals surface area contributed by atoms with Gasteiger partial charge in [-0.25, -0.2) is 0 Å². The highest BCUT2D eigenvalue weighted by atomic mass is 16.5. The van der Waals surface area contributed by atoms with E-state index in [0.29, 0.717) is 30.8 Å². The van der Waals surface area contributed by atoms with E-state index in [2.05, 4.69) is 11.4 Å². The molecule has 0 radical (unpaired) electrons. The van der Waals surface area contributed by atoms with E-state index >= 15 is 0 Å². The fourth-order valence-corrected chi connectivity index (χ4v) is 2.27. The SMILES string of the molecule is COc1cc2c(cc1OC)NC(=O)C(CCC#N)C2. The number of nitriles is 1. The lowest BCUT2D eigenvalue weighted by Crippen LogP contribution is -2.29. The lowest BCUT2D eigenvalue weighted by molar-refractivity contribution is -0.120. The summed E-state index contributed by atoms with van der Waals surface area (Å²) in [7, 11) is 3.14. The summed E-state index contributed by atoms with van der Waals surface area (Å²) in [6.45, 7) is 0. The fourth-order valence-electron chi connectivity index (χ4n) is 2.27. The Kier molecular flexibility index (Phi) is 3.91. The Hall–Kier alpha value is -2.22. The summed E-state index contributed by atoms with van der Waals surface area (Å²) in [6.07, 6.45) is 1.60. The molecule has 0 aromatic heterocycles. The highest BCUT2D eigenvalue weighted by Crippen LogP contribution is 2.37. The van der Waals surface area contributed by atoms with E-state index in [1.54, 1.807) is 20.3 Å². The summed E-state index contributed by atoms with van der Waals surface area (Å²) in [4.78, 5) is 11.9. The van der Waals surface area contributed by atoms with Crippen LogP contribution < -0.4 is 14.8 Å². The molecule has 1 atom stereocenters. The van der Waals surface area contributed by atoms with Gasteiger partial charge in [-0.2, -0.15) is 5.26 Å². The minimum Gasteiger partial charge on any atom is -0.493 e. The predicted molar refractivity (Wildman–Crippen MR) is 70.2 cm³/mol. The van der Waals surface area contributed by atoms with E-state index in [9.17, 15) is 4.79 Å². The van der Waals surface area contributed by atoms with Crippen molar-refractivity contribution < 1.29 is 14.3 Å². The minimum atomic E-state index is -0.148. The maximum absolute atomic E-state index is 11.9. The molecule has 1 aromatic rings. The normalized spacial score (nSPS) is 17.1. The fraction of sp³-hybridized carbons (Fsp3) is 0.429. The van der Waals surface area contributed by atoms with Crippen LogP contribution >= 0.6 is 0 Å². The summed E-state index contributed by atoms with van der Waals surface area (Å²) in [5.74, 6) is 1.06. The first-order chi connectivity index (χ1) is 9.19. The Morgan fingerprint density at radius 3 is 2.68 bits per heavy atom. The molecule has 1 unspecified atom stereocenters. The Bertz CT molecular complexity index is 534. The number of rotatable bonds is 4. The van der Waals surface area contributed by atoms with Crippen LogP contribution in [0.4, 0.5) is 5.69 Å². The van der Waals surface area contributed by atoms with Crippen molar-refractivity contribution in [2.24, 2.45) is 5.92 Å². The number of nitrogens with zero attached hydrogens (tertiary/aromatic N) is 1. The zero-order valence-electron chi connectivity index (χ0n) is 11.0. The zero-order valence-corrected chi connectivity index (χ0v) is 11.0. The second kappa shape index (κ2) is 5.61. The van der Waals surface area contributed by atoms with Crippen LogP contribution in [0.2, 0.25) is 0 Å². The van der Waals surface area contributed by atoms with Gasteiger partial charge in [0, 0.05) is 24.1 Å². The number of methoxy groups -OCH3 is 2. The first kappa shape index (κ1) is 13.2. The van der Waals surface area contributed by atoms with Gasteiger partial charge in [0.15, 0.2) is 11.5 Å². The zero-order chi connectivity index (χ0) is 13.8. The van der Waals surface area contributed by atoms with E-state index in [1.807, 2.05) is 6.07 Å². The predicted octanol–water partition coefficient (Wildman–Crippen LogP) is 2.12. The molecule has 0 spiro atoms. The molecule has 2 rings (SSSR count). The van der Waals surface area contributed by atoms with Crippen molar-refractivity contribution in [2.45, 2.75) is 19.3 Å². The van der Waals surface area contributed by atoms with Crippen LogP contribution in [0.25, 0.3) is 0 Å². The van der Waals surface area contributed by atoms with Crippen LogP contribution in [-0.2, 0) is 11.2 Å². The molecule has 0 aliphatic carbocycles. The van der Waals surface area contributed by atoms with Gasteiger partial charge in [0.25, 0.3) is 0 Å². The molecule has 0 saturated carbocycles. The molecule has 1 N–H and O–H groups in total. The number of benzene rings is 1. The summed E-state index contributed by atoms with van der Waals surface area (Å²) in [5, 5.41) is 11.5. The topological polar surface area (TPSA) is 71.3 Å². The van der Waals surface area contributed by atoms with Crippen molar-refractivity contribution in [1.29, 1.82) is 5.26 Å². The second-order valence-electron chi connectivity index (χ2n) is 4.45. The smallest absolute Gasteiger partial charge is 0.227 e. The van der Waals surface area contributed by atoms with Crippen molar-refractivity contribution in [3.05, 3.63) is 17.7 Å². The van der Waals surface area contributed by atoms with E-state index in [1.165, 1.54) is 0 Å². The molecule has 5 nitrogen and oxygen atoms in total. The van der Waals surface area contributed by atoms with Gasteiger partial charge >= 0.3 is 0 Å². The van der Waals surface area contributed by atoms with Crippen LogP contribution in [0.3, 0.4) is 0 Å². The number of carbonyl (C=O) groups excluding carboxylic acids is 1. The molecular formula is C14H16N2O3.